The van der Waals surface area contributed by atoms with Gasteiger partial charge in [-0.3, -0.25) is 9.36 Å². The van der Waals surface area contributed by atoms with Crippen molar-refractivity contribution in [1.29, 1.82) is 0 Å². The van der Waals surface area contributed by atoms with Gasteiger partial charge in [0.1, 0.15) is 5.65 Å². The summed E-state index contributed by atoms with van der Waals surface area (Å²) in [4.78, 5) is 22.3. The predicted molar refractivity (Wildman–Crippen MR) is 141 cm³/mol. The van der Waals surface area contributed by atoms with Crippen LogP contribution in [0, 0.1) is 6.92 Å². The smallest absolute Gasteiger partial charge is 0.387 e. The molecule has 0 bridgehead atoms. The number of benzene rings is 1. The van der Waals surface area contributed by atoms with Gasteiger partial charge in [-0.25, -0.2) is 13.4 Å². The summed E-state index contributed by atoms with van der Waals surface area (Å²) in [6.45, 7) is 0.896. The minimum Gasteiger partial charge on any atom is -0.429 e. The first kappa shape index (κ1) is 27.4. The van der Waals surface area contributed by atoms with Gasteiger partial charge in [0, 0.05) is 30.7 Å². The van der Waals surface area contributed by atoms with E-state index in [1.54, 1.807) is 25.1 Å². The van der Waals surface area contributed by atoms with Crippen LogP contribution >= 0.6 is 0 Å². The van der Waals surface area contributed by atoms with Gasteiger partial charge in [0.2, 0.25) is 16.0 Å². The summed E-state index contributed by atoms with van der Waals surface area (Å²) in [5.74, 6) is -0.317. The van der Waals surface area contributed by atoms with Crippen molar-refractivity contribution in [2.24, 2.45) is 0 Å². The average Bonchev–Trinajstić information content (AvgIpc) is 3.23. The molecule has 2 aliphatic rings. The molecule has 2 atom stereocenters. The second kappa shape index (κ2) is 10.4. The second-order valence-corrected chi connectivity index (χ2v) is 12.4. The van der Waals surface area contributed by atoms with Crippen LogP contribution in [0.2, 0.25) is 0 Å². The van der Waals surface area contributed by atoms with Gasteiger partial charge in [-0.05, 0) is 69.7 Å². The van der Waals surface area contributed by atoms with E-state index < -0.39 is 39.6 Å². The maximum Gasteiger partial charge on any atom is 0.387 e. The van der Waals surface area contributed by atoms with Crippen LogP contribution in [0.15, 0.2) is 46.2 Å². The van der Waals surface area contributed by atoms with E-state index in [1.165, 1.54) is 21.1 Å². The molecule has 210 valence electrons. The quantitative estimate of drug-likeness (QED) is 0.448. The number of ether oxygens (including phenoxy) is 1. The van der Waals surface area contributed by atoms with Crippen molar-refractivity contribution in [3.05, 3.63) is 52.4 Å². The fourth-order valence-corrected chi connectivity index (χ4v) is 7.09. The number of nitrogens with zero attached hydrogens (tertiary/aromatic N) is 4. The van der Waals surface area contributed by atoms with Crippen LogP contribution < -0.4 is 15.6 Å². The van der Waals surface area contributed by atoms with E-state index in [2.05, 4.69) is 20.0 Å². The Morgan fingerprint density at radius 2 is 1.95 bits per heavy atom. The molecule has 2 N–H and O–H groups in total. The highest BCUT2D eigenvalue weighted by Gasteiger charge is 2.40. The van der Waals surface area contributed by atoms with Gasteiger partial charge < -0.3 is 15.2 Å². The van der Waals surface area contributed by atoms with E-state index in [0.717, 1.165) is 5.56 Å². The number of piperidine rings is 1. The third-order valence-corrected chi connectivity index (χ3v) is 9.46. The Bertz CT molecular complexity index is 1540. The van der Waals surface area contributed by atoms with Gasteiger partial charge >= 0.3 is 6.61 Å². The number of hydrogen-bond donors (Lipinski definition) is 2. The normalized spacial score (nSPS) is 23.0. The summed E-state index contributed by atoms with van der Waals surface area (Å²) in [6.07, 6.45) is 4.02. The van der Waals surface area contributed by atoms with Gasteiger partial charge in [0.25, 0.3) is 5.56 Å². The highest BCUT2D eigenvalue weighted by Crippen LogP contribution is 2.40. The van der Waals surface area contributed by atoms with Crippen LogP contribution in [-0.2, 0) is 10.0 Å². The summed E-state index contributed by atoms with van der Waals surface area (Å²) in [6, 6.07) is 7.20. The summed E-state index contributed by atoms with van der Waals surface area (Å²) >= 11 is 0. The molecule has 1 aliphatic carbocycles. The molecule has 39 heavy (non-hydrogen) atoms. The van der Waals surface area contributed by atoms with E-state index in [4.69, 9.17) is 0 Å². The zero-order chi connectivity index (χ0) is 27.9. The number of aryl methyl sites for hydroxylation is 1. The molecule has 10 nitrogen and oxygen atoms in total. The van der Waals surface area contributed by atoms with E-state index in [-0.39, 0.29) is 22.5 Å². The van der Waals surface area contributed by atoms with E-state index in [9.17, 15) is 27.1 Å². The molecule has 1 saturated carbocycles. The monoisotopic (exact) mass is 563 g/mol. The number of pyridine rings is 1. The molecule has 1 aliphatic heterocycles. The number of halogens is 2. The van der Waals surface area contributed by atoms with Gasteiger partial charge in [-0.15, -0.1) is 0 Å². The minimum atomic E-state index is -3.61. The SMILES string of the molecule is Cc1cccc(S(=O)(=O)N2CCC(Nc3ncc4cc(OC(F)F)c(=O)n([C@@H]5CCC[C@@]5(C)O)c4n3)CC2)c1. The van der Waals surface area contributed by atoms with Crippen molar-refractivity contribution in [3.8, 4) is 5.75 Å². The summed E-state index contributed by atoms with van der Waals surface area (Å²) in [5, 5.41) is 14.5. The molecule has 0 unspecified atom stereocenters. The van der Waals surface area contributed by atoms with Gasteiger partial charge in [-0.1, -0.05) is 12.1 Å². The van der Waals surface area contributed by atoms with E-state index in [0.29, 0.717) is 50.6 Å². The first-order valence-corrected chi connectivity index (χ1v) is 14.3. The molecule has 3 aromatic rings. The summed E-state index contributed by atoms with van der Waals surface area (Å²) in [7, 11) is -3.61. The van der Waals surface area contributed by atoms with E-state index in [1.807, 2.05) is 13.0 Å². The van der Waals surface area contributed by atoms with Gasteiger partial charge in [-0.2, -0.15) is 18.1 Å². The van der Waals surface area contributed by atoms with Crippen LogP contribution in [0.1, 0.15) is 50.6 Å². The standard InChI is InChI=1S/C26H31F2N5O5S/c1-16-5-3-6-19(13-16)39(36,37)32-11-8-18(9-12-32)30-25-29-15-17-14-20(38-24(27)28)23(34)33(22(17)31-25)21-7-4-10-26(21,2)35/h3,5-6,13-15,18,21,24,35H,4,7-12H2,1-2H3,(H,29,30,31)/t21-,26-/m1/s1. The molecule has 1 aromatic carbocycles. The lowest BCUT2D eigenvalue weighted by atomic mass is 10.00. The third kappa shape index (κ3) is 5.48. The molecule has 0 radical (unpaired) electrons. The predicted octanol–water partition coefficient (Wildman–Crippen LogP) is 3.44. The Labute approximate surface area is 224 Å². The van der Waals surface area contributed by atoms with Crippen LogP contribution in [-0.4, -0.2) is 63.7 Å². The van der Waals surface area contributed by atoms with Crippen LogP contribution in [0.4, 0.5) is 14.7 Å². The molecule has 2 fully saturated rings. The highest BCUT2D eigenvalue weighted by molar-refractivity contribution is 7.89. The molecular formula is C26H31F2N5O5S. The lowest BCUT2D eigenvalue weighted by Gasteiger charge is -2.32. The lowest BCUT2D eigenvalue weighted by molar-refractivity contribution is -0.0513. The van der Waals surface area contributed by atoms with Crippen molar-refractivity contribution < 1.29 is 27.0 Å². The van der Waals surface area contributed by atoms with Crippen molar-refractivity contribution in [2.45, 2.75) is 75.1 Å². The summed E-state index contributed by atoms with van der Waals surface area (Å²) in [5.41, 5.74) is -0.958. The van der Waals surface area contributed by atoms with Crippen LogP contribution in [0.25, 0.3) is 11.0 Å². The van der Waals surface area contributed by atoms with Crippen molar-refractivity contribution in [1.82, 2.24) is 18.8 Å². The van der Waals surface area contributed by atoms with Gasteiger partial charge in [0.15, 0.2) is 5.75 Å². The number of rotatable bonds is 7. The highest BCUT2D eigenvalue weighted by atomic mass is 32.2. The Morgan fingerprint density at radius 1 is 1.21 bits per heavy atom. The number of alkyl halides is 2. The van der Waals surface area contributed by atoms with Crippen molar-refractivity contribution in [2.75, 3.05) is 18.4 Å². The maximum atomic E-state index is 13.2. The number of sulfonamides is 1. The molecule has 0 spiro atoms. The zero-order valence-electron chi connectivity index (χ0n) is 21.7. The Balaban J connectivity index is 1.39. The molecule has 1 saturated heterocycles. The zero-order valence-corrected chi connectivity index (χ0v) is 22.5. The van der Waals surface area contributed by atoms with Crippen LogP contribution in [0.5, 0.6) is 5.75 Å². The molecular weight excluding hydrogens is 532 g/mol. The summed E-state index contributed by atoms with van der Waals surface area (Å²) < 4.78 is 59.3. The first-order chi connectivity index (χ1) is 18.5. The largest absolute Gasteiger partial charge is 0.429 e. The molecule has 2 aromatic heterocycles. The number of aromatic nitrogens is 3. The average molecular weight is 564 g/mol. The Morgan fingerprint density at radius 3 is 2.59 bits per heavy atom. The minimum absolute atomic E-state index is 0.123. The van der Waals surface area contributed by atoms with Crippen LogP contribution in [0.3, 0.4) is 0 Å². The van der Waals surface area contributed by atoms with Crippen molar-refractivity contribution in [3.63, 3.8) is 0 Å². The fourth-order valence-electron chi connectivity index (χ4n) is 5.52. The Hall–Kier alpha value is -3.16. The van der Waals surface area contributed by atoms with Gasteiger partial charge in [0.05, 0.1) is 16.5 Å². The number of nitrogens with one attached hydrogen (secondary N) is 1. The fraction of sp³-hybridized carbons (Fsp3) is 0.500. The number of aliphatic hydroxyl groups is 1. The first-order valence-electron chi connectivity index (χ1n) is 12.9. The number of hydrogen-bond acceptors (Lipinski definition) is 8. The number of fused-ring (bicyclic) bond motifs is 1. The third-order valence-electron chi connectivity index (χ3n) is 7.56. The Kier molecular flexibility index (Phi) is 7.33. The topological polar surface area (TPSA) is 127 Å². The molecule has 13 heteroatoms. The molecule has 0 amide bonds. The van der Waals surface area contributed by atoms with E-state index >= 15 is 0 Å². The maximum absolute atomic E-state index is 13.2. The number of anilines is 1. The second-order valence-electron chi connectivity index (χ2n) is 10.4. The lowest BCUT2D eigenvalue weighted by Crippen LogP contribution is -2.42. The van der Waals surface area contributed by atoms with Crippen molar-refractivity contribution >= 4 is 27.0 Å². The molecule has 5 rings (SSSR count). The molecule has 3 heterocycles.